The van der Waals surface area contributed by atoms with Crippen LogP contribution in [-0.2, 0) is 9.84 Å². The first-order valence-corrected chi connectivity index (χ1v) is 7.12. The van der Waals surface area contributed by atoms with Crippen LogP contribution in [0, 0.1) is 0 Å². The molecule has 2 N–H and O–H groups in total. The summed E-state index contributed by atoms with van der Waals surface area (Å²) in [5, 5.41) is -0.183. The molecule has 2 aliphatic heterocycles. The van der Waals surface area contributed by atoms with Gasteiger partial charge in [0.2, 0.25) is 0 Å². The fourth-order valence-electron chi connectivity index (χ4n) is 2.74. The number of nitrogen functional groups attached to an aromatic ring is 1. The molecule has 2 unspecified atom stereocenters. The van der Waals surface area contributed by atoms with E-state index >= 15 is 0 Å². The Morgan fingerprint density at radius 3 is 2.62 bits per heavy atom. The molecule has 2 saturated heterocycles. The van der Waals surface area contributed by atoms with Crippen molar-refractivity contribution in [2.45, 2.75) is 17.7 Å². The molecule has 16 heavy (non-hydrogen) atoms. The molecule has 4 nitrogen and oxygen atoms in total. The lowest BCUT2D eigenvalue weighted by molar-refractivity contribution is 0.585. The van der Waals surface area contributed by atoms with Crippen molar-refractivity contribution in [3.05, 3.63) is 24.3 Å². The normalized spacial score (nSPS) is 30.9. The molecule has 86 valence electrons. The van der Waals surface area contributed by atoms with Crippen LogP contribution in [0.4, 0.5) is 11.4 Å². The number of hydrogen-bond donors (Lipinski definition) is 1. The average Bonchev–Trinajstić information content (AvgIpc) is 2.73. The first-order chi connectivity index (χ1) is 7.58. The maximum atomic E-state index is 11.6. The molecule has 2 atom stereocenters. The zero-order valence-electron chi connectivity index (χ0n) is 8.83. The molecule has 1 aromatic rings. The van der Waals surface area contributed by atoms with E-state index in [1.54, 1.807) is 0 Å². The number of hydrogen-bond acceptors (Lipinski definition) is 4. The predicted molar refractivity (Wildman–Crippen MR) is 64.2 cm³/mol. The van der Waals surface area contributed by atoms with Gasteiger partial charge >= 0.3 is 0 Å². The van der Waals surface area contributed by atoms with Gasteiger partial charge in [-0.1, -0.05) is 12.1 Å². The second kappa shape index (κ2) is 3.13. The van der Waals surface area contributed by atoms with Gasteiger partial charge in [0.05, 0.1) is 22.4 Å². The van der Waals surface area contributed by atoms with Crippen molar-refractivity contribution in [3.8, 4) is 0 Å². The van der Waals surface area contributed by atoms with E-state index in [2.05, 4.69) is 4.90 Å². The van der Waals surface area contributed by atoms with Crippen LogP contribution in [0.3, 0.4) is 0 Å². The number of benzene rings is 1. The van der Waals surface area contributed by atoms with Crippen LogP contribution in [0.25, 0.3) is 0 Å². The van der Waals surface area contributed by atoms with Gasteiger partial charge in [-0.05, 0) is 18.6 Å². The number of fused-ring (bicyclic) bond motifs is 2. The van der Waals surface area contributed by atoms with Crippen LogP contribution in [-0.4, -0.2) is 32.0 Å². The third kappa shape index (κ3) is 1.31. The Hall–Kier alpha value is -1.23. The molecular weight excluding hydrogens is 224 g/mol. The molecule has 0 spiro atoms. The van der Waals surface area contributed by atoms with E-state index in [1.165, 1.54) is 0 Å². The number of anilines is 2. The van der Waals surface area contributed by atoms with E-state index in [1.807, 2.05) is 24.3 Å². The summed E-state index contributed by atoms with van der Waals surface area (Å²) in [4.78, 5) is 2.14. The van der Waals surface area contributed by atoms with Gasteiger partial charge in [0, 0.05) is 12.6 Å². The van der Waals surface area contributed by atoms with Gasteiger partial charge < -0.3 is 10.6 Å². The summed E-state index contributed by atoms with van der Waals surface area (Å²) in [6.07, 6.45) is 0.761. The molecule has 5 heteroatoms. The van der Waals surface area contributed by atoms with E-state index in [-0.39, 0.29) is 17.0 Å². The second-order valence-corrected chi connectivity index (χ2v) is 6.88. The lowest BCUT2D eigenvalue weighted by Crippen LogP contribution is -2.40. The van der Waals surface area contributed by atoms with Crippen molar-refractivity contribution in [1.82, 2.24) is 0 Å². The first-order valence-electron chi connectivity index (χ1n) is 5.40. The Labute approximate surface area is 95.0 Å². The molecule has 2 heterocycles. The highest BCUT2D eigenvalue weighted by molar-refractivity contribution is 7.92. The summed E-state index contributed by atoms with van der Waals surface area (Å²) in [6.45, 7) is 0.598. The monoisotopic (exact) mass is 238 g/mol. The Morgan fingerprint density at radius 2 is 2.06 bits per heavy atom. The fourth-order valence-corrected chi connectivity index (χ4v) is 4.77. The summed E-state index contributed by atoms with van der Waals surface area (Å²) in [5.74, 6) is 0.284. The smallest absolute Gasteiger partial charge is 0.156 e. The second-order valence-electron chi connectivity index (χ2n) is 4.55. The zero-order chi connectivity index (χ0) is 11.3. The zero-order valence-corrected chi connectivity index (χ0v) is 9.65. The van der Waals surface area contributed by atoms with Crippen molar-refractivity contribution in [2.75, 3.05) is 22.9 Å². The van der Waals surface area contributed by atoms with Gasteiger partial charge in [0.25, 0.3) is 0 Å². The van der Waals surface area contributed by atoms with Gasteiger partial charge in [-0.2, -0.15) is 0 Å². The molecule has 2 aliphatic rings. The first kappa shape index (κ1) is 9.96. The Kier molecular flexibility index (Phi) is 1.95. The summed E-state index contributed by atoms with van der Waals surface area (Å²) >= 11 is 0. The largest absolute Gasteiger partial charge is 0.397 e. The van der Waals surface area contributed by atoms with Crippen LogP contribution in [0.5, 0.6) is 0 Å². The van der Waals surface area contributed by atoms with Crippen LogP contribution < -0.4 is 10.6 Å². The SMILES string of the molecule is Nc1ccccc1N1CC2CC1CS2(=O)=O. The predicted octanol–water partition coefficient (Wildman–Crippen LogP) is 0.645. The van der Waals surface area contributed by atoms with Gasteiger partial charge in [-0.15, -0.1) is 0 Å². The van der Waals surface area contributed by atoms with Gasteiger partial charge in [0.15, 0.2) is 9.84 Å². The van der Waals surface area contributed by atoms with Crippen LogP contribution in [0.15, 0.2) is 24.3 Å². The highest BCUT2D eigenvalue weighted by atomic mass is 32.2. The number of sulfone groups is 1. The van der Waals surface area contributed by atoms with Crippen molar-refractivity contribution in [2.24, 2.45) is 0 Å². The van der Waals surface area contributed by atoms with Crippen molar-refractivity contribution in [3.63, 3.8) is 0 Å². The minimum Gasteiger partial charge on any atom is -0.397 e. The number of rotatable bonds is 1. The summed E-state index contributed by atoms with van der Waals surface area (Å²) in [6, 6.07) is 7.77. The fraction of sp³-hybridized carbons (Fsp3) is 0.455. The third-order valence-corrected chi connectivity index (χ3v) is 5.76. The van der Waals surface area contributed by atoms with Gasteiger partial charge in [0.1, 0.15) is 0 Å². The molecule has 0 amide bonds. The van der Waals surface area contributed by atoms with E-state index in [9.17, 15) is 8.42 Å². The highest BCUT2D eigenvalue weighted by Gasteiger charge is 2.48. The van der Waals surface area contributed by atoms with E-state index in [4.69, 9.17) is 5.73 Å². The Morgan fingerprint density at radius 1 is 1.31 bits per heavy atom. The lowest BCUT2D eigenvalue weighted by atomic mass is 10.2. The minimum atomic E-state index is -2.82. The summed E-state index contributed by atoms with van der Waals surface area (Å²) in [7, 11) is -2.82. The van der Waals surface area contributed by atoms with Crippen molar-refractivity contribution < 1.29 is 8.42 Å². The Balaban J connectivity index is 1.94. The minimum absolute atomic E-state index is 0.125. The maximum absolute atomic E-state index is 11.6. The lowest BCUT2D eigenvalue weighted by Gasteiger charge is -2.29. The average molecular weight is 238 g/mol. The quantitative estimate of drug-likeness (QED) is 0.729. The molecular formula is C11H14N2O2S. The third-order valence-electron chi connectivity index (χ3n) is 3.55. The number of nitrogens with two attached hydrogens (primary N) is 1. The van der Waals surface area contributed by atoms with Gasteiger partial charge in [-0.25, -0.2) is 8.42 Å². The topological polar surface area (TPSA) is 63.4 Å². The molecule has 3 rings (SSSR count). The molecule has 1 aromatic carbocycles. The summed E-state index contributed by atoms with van der Waals surface area (Å²) < 4.78 is 23.3. The maximum Gasteiger partial charge on any atom is 0.156 e. The van der Waals surface area contributed by atoms with Gasteiger partial charge in [-0.3, -0.25) is 0 Å². The summed E-state index contributed by atoms with van der Waals surface area (Å²) in [5.41, 5.74) is 7.61. The van der Waals surface area contributed by atoms with E-state index < -0.39 is 9.84 Å². The van der Waals surface area contributed by atoms with Crippen molar-refractivity contribution >= 4 is 21.2 Å². The van der Waals surface area contributed by atoms with Crippen LogP contribution in [0.1, 0.15) is 6.42 Å². The molecule has 0 aliphatic carbocycles. The number of nitrogens with zero attached hydrogens (tertiary/aromatic N) is 1. The Bertz CT molecular complexity index is 527. The highest BCUT2D eigenvalue weighted by Crippen LogP contribution is 2.38. The van der Waals surface area contributed by atoms with Crippen molar-refractivity contribution in [1.29, 1.82) is 0 Å². The molecule has 0 saturated carbocycles. The number of para-hydroxylation sites is 2. The van der Waals surface area contributed by atoms with Crippen LogP contribution in [0.2, 0.25) is 0 Å². The molecule has 0 aromatic heterocycles. The molecule has 2 bridgehead atoms. The standard InChI is InChI=1S/C11H14N2O2S/c12-10-3-1-2-4-11(10)13-6-9-5-8(13)7-16(9,14)15/h1-4,8-9H,5-7,12H2. The molecule has 0 radical (unpaired) electrons. The van der Waals surface area contributed by atoms with E-state index in [0.717, 1.165) is 17.8 Å². The van der Waals surface area contributed by atoms with Crippen LogP contribution >= 0.6 is 0 Å². The van der Waals surface area contributed by atoms with E-state index in [0.29, 0.717) is 6.54 Å². The molecule has 2 fully saturated rings.